The maximum absolute atomic E-state index is 11.9. The molecule has 0 saturated heterocycles. The molecule has 1 heterocycles. The van der Waals surface area contributed by atoms with Gasteiger partial charge in [0.1, 0.15) is 17.1 Å². The molecule has 0 aliphatic heterocycles. The van der Waals surface area contributed by atoms with Gasteiger partial charge in [-0.1, -0.05) is 6.92 Å². The molecule has 2 aromatic rings. The summed E-state index contributed by atoms with van der Waals surface area (Å²) in [5, 5.41) is 9.05. The van der Waals surface area contributed by atoms with E-state index in [0.29, 0.717) is 29.2 Å². The minimum atomic E-state index is -1.25. The average molecular weight is 303 g/mol. The van der Waals surface area contributed by atoms with E-state index in [-0.39, 0.29) is 5.56 Å². The molecule has 0 unspecified atom stereocenters. The van der Waals surface area contributed by atoms with Crippen molar-refractivity contribution in [2.45, 2.75) is 13.3 Å². The number of aryl methyl sites for hydroxylation is 1. The van der Waals surface area contributed by atoms with E-state index in [9.17, 15) is 9.59 Å². The van der Waals surface area contributed by atoms with Crippen molar-refractivity contribution < 1.29 is 19.4 Å². The fourth-order valence-electron chi connectivity index (χ4n) is 2.26. The molecule has 6 nitrogen and oxygen atoms in total. The van der Waals surface area contributed by atoms with Crippen LogP contribution in [0.15, 0.2) is 29.1 Å². The number of H-pyrrole nitrogens is 1. The number of hydrogen-bond acceptors (Lipinski definition) is 4. The number of pyridine rings is 1. The molecule has 1 aromatic carbocycles. The minimum Gasteiger partial charge on any atom is -0.497 e. The number of ether oxygens (including phenoxy) is 2. The molecule has 0 bridgehead atoms. The number of nitrogens with one attached hydrogen (secondary N) is 1. The molecule has 0 aliphatic rings. The van der Waals surface area contributed by atoms with Crippen LogP contribution in [-0.4, -0.2) is 30.3 Å². The quantitative estimate of drug-likeness (QED) is 0.885. The first-order chi connectivity index (χ1) is 10.5. The van der Waals surface area contributed by atoms with Gasteiger partial charge in [0, 0.05) is 11.6 Å². The van der Waals surface area contributed by atoms with Crippen molar-refractivity contribution in [3.05, 3.63) is 45.7 Å². The van der Waals surface area contributed by atoms with Crippen LogP contribution in [0.2, 0.25) is 0 Å². The van der Waals surface area contributed by atoms with Crippen LogP contribution in [0.5, 0.6) is 11.5 Å². The van der Waals surface area contributed by atoms with Crippen LogP contribution >= 0.6 is 0 Å². The molecule has 1 aromatic heterocycles. The number of aromatic carboxylic acids is 1. The van der Waals surface area contributed by atoms with Gasteiger partial charge in [-0.05, 0) is 30.2 Å². The lowest BCUT2D eigenvalue weighted by atomic mass is 10.0. The number of benzene rings is 1. The second-order valence-electron chi connectivity index (χ2n) is 4.64. The third-order valence-electron chi connectivity index (χ3n) is 3.41. The Kier molecular flexibility index (Phi) is 4.50. The number of carboxylic acids is 1. The molecule has 116 valence electrons. The van der Waals surface area contributed by atoms with Gasteiger partial charge in [-0.2, -0.15) is 0 Å². The summed E-state index contributed by atoms with van der Waals surface area (Å²) in [6.45, 7) is 1.89. The van der Waals surface area contributed by atoms with Gasteiger partial charge in [0.2, 0.25) is 0 Å². The van der Waals surface area contributed by atoms with E-state index in [1.165, 1.54) is 13.2 Å². The highest BCUT2D eigenvalue weighted by atomic mass is 16.5. The number of carboxylic acid groups (broad SMARTS) is 1. The van der Waals surface area contributed by atoms with E-state index < -0.39 is 11.5 Å². The predicted octanol–water partition coefficient (Wildman–Crippen LogP) is 2.32. The average Bonchev–Trinajstić information content (AvgIpc) is 2.53. The van der Waals surface area contributed by atoms with Gasteiger partial charge in [-0.15, -0.1) is 0 Å². The predicted molar refractivity (Wildman–Crippen MR) is 81.9 cm³/mol. The smallest absolute Gasteiger partial charge is 0.341 e. The van der Waals surface area contributed by atoms with E-state index in [1.807, 2.05) is 6.92 Å². The lowest BCUT2D eigenvalue weighted by Crippen LogP contribution is -2.19. The Labute approximate surface area is 127 Å². The summed E-state index contributed by atoms with van der Waals surface area (Å²) < 4.78 is 10.5. The Hall–Kier alpha value is -2.76. The maximum atomic E-state index is 11.9. The van der Waals surface area contributed by atoms with Crippen molar-refractivity contribution in [2.75, 3.05) is 14.2 Å². The summed E-state index contributed by atoms with van der Waals surface area (Å²) in [5.41, 5.74) is 1.04. The van der Waals surface area contributed by atoms with Crippen LogP contribution in [0, 0.1) is 0 Å². The number of aromatic amines is 1. The zero-order valence-electron chi connectivity index (χ0n) is 12.6. The van der Waals surface area contributed by atoms with Crippen molar-refractivity contribution in [3.63, 3.8) is 0 Å². The van der Waals surface area contributed by atoms with Crippen LogP contribution in [0.3, 0.4) is 0 Å². The largest absolute Gasteiger partial charge is 0.497 e. The molecule has 6 heteroatoms. The van der Waals surface area contributed by atoms with Gasteiger partial charge < -0.3 is 19.6 Å². The number of aromatic nitrogens is 1. The third-order valence-corrected chi connectivity index (χ3v) is 3.41. The number of carbonyl (C=O) groups is 1. The molecule has 2 rings (SSSR count). The van der Waals surface area contributed by atoms with Crippen LogP contribution in [0.1, 0.15) is 22.8 Å². The van der Waals surface area contributed by atoms with Crippen LogP contribution in [0.4, 0.5) is 0 Å². The van der Waals surface area contributed by atoms with Crippen LogP contribution in [0.25, 0.3) is 11.3 Å². The molecule has 0 amide bonds. The lowest BCUT2D eigenvalue weighted by Gasteiger charge is -2.13. The molecule has 0 radical (unpaired) electrons. The van der Waals surface area contributed by atoms with E-state index >= 15 is 0 Å². The fraction of sp³-hybridized carbons (Fsp3) is 0.250. The van der Waals surface area contributed by atoms with E-state index in [2.05, 4.69) is 4.98 Å². The van der Waals surface area contributed by atoms with Crippen molar-refractivity contribution in [3.8, 4) is 22.8 Å². The zero-order chi connectivity index (χ0) is 16.3. The van der Waals surface area contributed by atoms with Crippen molar-refractivity contribution >= 4 is 5.97 Å². The fourth-order valence-corrected chi connectivity index (χ4v) is 2.26. The molecular formula is C16H17NO5. The molecule has 0 atom stereocenters. The van der Waals surface area contributed by atoms with Gasteiger partial charge in [-0.25, -0.2) is 4.79 Å². The van der Waals surface area contributed by atoms with Gasteiger partial charge in [0.25, 0.3) is 5.56 Å². The molecule has 0 saturated carbocycles. The number of methoxy groups -OCH3 is 2. The first-order valence-corrected chi connectivity index (χ1v) is 6.73. The van der Waals surface area contributed by atoms with E-state index in [4.69, 9.17) is 14.6 Å². The summed E-state index contributed by atoms with van der Waals surface area (Å²) in [6.07, 6.45) is 0.571. The van der Waals surface area contributed by atoms with Gasteiger partial charge in [-0.3, -0.25) is 4.79 Å². The highest BCUT2D eigenvalue weighted by molar-refractivity contribution is 5.88. The summed E-state index contributed by atoms with van der Waals surface area (Å²) in [6, 6.07) is 6.63. The first kappa shape index (κ1) is 15.6. The second-order valence-corrected chi connectivity index (χ2v) is 4.64. The van der Waals surface area contributed by atoms with E-state index in [1.54, 1.807) is 25.3 Å². The topological polar surface area (TPSA) is 88.6 Å². The Morgan fingerprint density at radius 3 is 2.50 bits per heavy atom. The summed E-state index contributed by atoms with van der Waals surface area (Å²) in [4.78, 5) is 25.7. The second kappa shape index (κ2) is 6.34. The normalized spacial score (nSPS) is 10.3. The molecular weight excluding hydrogens is 286 g/mol. The van der Waals surface area contributed by atoms with Crippen molar-refractivity contribution in [1.29, 1.82) is 0 Å². The Balaban J connectivity index is 2.69. The van der Waals surface area contributed by atoms with E-state index in [0.717, 1.165) is 5.56 Å². The third kappa shape index (κ3) is 2.81. The van der Waals surface area contributed by atoms with Crippen molar-refractivity contribution in [2.24, 2.45) is 0 Å². The molecule has 2 N–H and O–H groups in total. The summed E-state index contributed by atoms with van der Waals surface area (Å²) >= 11 is 0. The Morgan fingerprint density at radius 1 is 1.23 bits per heavy atom. The standard InChI is InChI=1S/C16H17NO5/c1-4-9-7-12(16(19)20)15(18)17-14(9)11-6-5-10(21-2)8-13(11)22-3/h5-8H,4H2,1-3H3,(H,17,18)(H,19,20). The maximum Gasteiger partial charge on any atom is 0.341 e. The van der Waals surface area contributed by atoms with Gasteiger partial charge >= 0.3 is 5.97 Å². The van der Waals surface area contributed by atoms with Crippen LogP contribution < -0.4 is 15.0 Å². The molecule has 0 fully saturated rings. The molecule has 0 spiro atoms. The van der Waals surface area contributed by atoms with Gasteiger partial charge in [0.15, 0.2) is 0 Å². The monoisotopic (exact) mass is 303 g/mol. The first-order valence-electron chi connectivity index (χ1n) is 6.73. The van der Waals surface area contributed by atoms with Crippen molar-refractivity contribution in [1.82, 2.24) is 4.98 Å². The summed E-state index contributed by atoms with van der Waals surface area (Å²) in [5.74, 6) is -0.0832. The van der Waals surface area contributed by atoms with Crippen LogP contribution in [-0.2, 0) is 6.42 Å². The Bertz CT molecular complexity index is 764. The zero-order valence-corrected chi connectivity index (χ0v) is 12.6. The lowest BCUT2D eigenvalue weighted by molar-refractivity contribution is 0.0695. The molecule has 22 heavy (non-hydrogen) atoms. The van der Waals surface area contributed by atoms with Gasteiger partial charge in [0.05, 0.1) is 19.9 Å². The minimum absolute atomic E-state index is 0.270. The highest BCUT2D eigenvalue weighted by Gasteiger charge is 2.17. The summed E-state index contributed by atoms with van der Waals surface area (Å²) in [7, 11) is 3.07. The molecule has 0 aliphatic carbocycles. The SMILES string of the molecule is CCc1cc(C(=O)O)c(=O)[nH]c1-c1ccc(OC)cc1OC. The number of hydrogen-bond donors (Lipinski definition) is 2. The number of rotatable bonds is 5. The Morgan fingerprint density at radius 2 is 1.95 bits per heavy atom. The highest BCUT2D eigenvalue weighted by Crippen LogP contribution is 2.33.